The molecule has 0 saturated heterocycles. The molecule has 0 bridgehead atoms. The third-order valence-corrected chi connectivity index (χ3v) is 3.49. The van der Waals surface area contributed by atoms with Crippen LogP contribution in [-0.2, 0) is 0 Å². The molecular weight excluding hydrogens is 306 g/mol. The first kappa shape index (κ1) is 15.8. The van der Waals surface area contributed by atoms with Crippen LogP contribution in [-0.4, -0.2) is 17.6 Å². The summed E-state index contributed by atoms with van der Waals surface area (Å²) in [5.74, 6) is 0.791. The van der Waals surface area contributed by atoms with Crippen LogP contribution in [0.25, 0.3) is 0 Å². The van der Waals surface area contributed by atoms with E-state index in [0.29, 0.717) is 22.6 Å². The number of aliphatic hydroxyl groups excluding tert-OH is 1. The van der Waals surface area contributed by atoms with E-state index in [4.69, 9.17) is 9.15 Å². The number of furan rings is 1. The Hall–Kier alpha value is -3.05. The molecule has 0 aliphatic carbocycles. The third-order valence-electron chi connectivity index (χ3n) is 3.49. The van der Waals surface area contributed by atoms with E-state index < -0.39 is 6.10 Å². The molecule has 0 spiro atoms. The molecule has 2 aromatic carbocycles. The molecule has 0 aliphatic rings. The first-order valence-electron chi connectivity index (χ1n) is 7.54. The predicted molar refractivity (Wildman–Crippen MR) is 89.0 cm³/mol. The van der Waals surface area contributed by atoms with Gasteiger partial charge in [-0.05, 0) is 30.3 Å². The Labute approximate surface area is 139 Å². The second kappa shape index (κ2) is 7.48. The van der Waals surface area contributed by atoms with Gasteiger partial charge >= 0.3 is 0 Å². The minimum absolute atomic E-state index is 0.0814. The van der Waals surface area contributed by atoms with Crippen molar-refractivity contribution >= 4 is 5.91 Å². The number of carbonyl (C=O) groups is 1. The lowest BCUT2D eigenvalue weighted by Gasteiger charge is -2.13. The molecule has 0 fully saturated rings. The van der Waals surface area contributed by atoms with Crippen LogP contribution in [0.1, 0.15) is 22.0 Å². The van der Waals surface area contributed by atoms with Crippen molar-refractivity contribution < 1.29 is 19.1 Å². The second-order valence-corrected chi connectivity index (χ2v) is 5.19. The Morgan fingerprint density at radius 3 is 2.58 bits per heavy atom. The number of aliphatic hydroxyl groups is 1. The number of hydrogen-bond donors (Lipinski definition) is 2. The van der Waals surface area contributed by atoms with Gasteiger partial charge in [0.25, 0.3) is 5.91 Å². The molecule has 1 atom stereocenters. The summed E-state index contributed by atoms with van der Waals surface area (Å²) in [6.45, 7) is 0.0814. The summed E-state index contributed by atoms with van der Waals surface area (Å²) in [7, 11) is 0. The van der Waals surface area contributed by atoms with E-state index in [9.17, 15) is 9.90 Å². The number of para-hydroxylation sites is 2. The monoisotopic (exact) mass is 323 g/mol. The molecule has 3 aromatic rings. The largest absolute Gasteiger partial charge is 0.472 e. The lowest BCUT2D eigenvalue weighted by Crippen LogP contribution is -2.28. The Balaban J connectivity index is 1.68. The van der Waals surface area contributed by atoms with E-state index in [1.165, 1.54) is 12.5 Å². The smallest absolute Gasteiger partial charge is 0.255 e. The van der Waals surface area contributed by atoms with Crippen molar-refractivity contribution in [3.05, 3.63) is 84.3 Å². The highest BCUT2D eigenvalue weighted by molar-refractivity contribution is 5.97. The van der Waals surface area contributed by atoms with Crippen molar-refractivity contribution in [2.45, 2.75) is 6.10 Å². The standard InChI is InChI=1S/C19H17NO4/c21-17(14-10-11-23-13-14)12-20-19(22)16-8-4-5-9-18(16)24-15-6-2-1-3-7-15/h1-11,13,17,21H,12H2,(H,20,22)/t17-/m1/s1. The molecule has 24 heavy (non-hydrogen) atoms. The summed E-state index contributed by atoms with van der Waals surface area (Å²) in [5, 5.41) is 12.7. The maximum Gasteiger partial charge on any atom is 0.255 e. The average Bonchev–Trinajstić information content (AvgIpc) is 3.15. The fraction of sp³-hybridized carbons (Fsp3) is 0.105. The Bertz CT molecular complexity index is 784. The van der Waals surface area contributed by atoms with Gasteiger partial charge in [-0.25, -0.2) is 0 Å². The fourth-order valence-electron chi connectivity index (χ4n) is 2.23. The van der Waals surface area contributed by atoms with Gasteiger partial charge in [0.15, 0.2) is 0 Å². The van der Waals surface area contributed by atoms with Gasteiger partial charge in [0, 0.05) is 12.1 Å². The zero-order valence-electron chi connectivity index (χ0n) is 12.9. The number of amides is 1. The molecule has 1 aromatic heterocycles. The van der Waals surface area contributed by atoms with Crippen LogP contribution in [0, 0.1) is 0 Å². The summed E-state index contributed by atoms with van der Waals surface area (Å²) in [4.78, 5) is 12.4. The number of nitrogens with one attached hydrogen (secondary N) is 1. The molecule has 0 aliphatic heterocycles. The quantitative estimate of drug-likeness (QED) is 0.728. The Morgan fingerprint density at radius 2 is 1.83 bits per heavy atom. The predicted octanol–water partition coefficient (Wildman–Crippen LogP) is 3.54. The number of hydrogen-bond acceptors (Lipinski definition) is 4. The summed E-state index contributed by atoms with van der Waals surface area (Å²) in [6, 6.07) is 17.9. The van der Waals surface area contributed by atoms with Crippen LogP contribution in [0.4, 0.5) is 0 Å². The van der Waals surface area contributed by atoms with E-state index in [1.54, 1.807) is 30.3 Å². The maximum atomic E-state index is 12.4. The second-order valence-electron chi connectivity index (χ2n) is 5.19. The van der Waals surface area contributed by atoms with E-state index in [0.717, 1.165) is 0 Å². The highest BCUT2D eigenvalue weighted by atomic mass is 16.5. The number of rotatable bonds is 6. The van der Waals surface area contributed by atoms with Crippen molar-refractivity contribution in [3.63, 3.8) is 0 Å². The highest BCUT2D eigenvalue weighted by Gasteiger charge is 2.15. The van der Waals surface area contributed by atoms with Crippen LogP contribution in [0.15, 0.2) is 77.6 Å². The van der Waals surface area contributed by atoms with Crippen LogP contribution in [0.3, 0.4) is 0 Å². The minimum atomic E-state index is -0.824. The third kappa shape index (κ3) is 3.83. The van der Waals surface area contributed by atoms with E-state index >= 15 is 0 Å². The van der Waals surface area contributed by atoms with Gasteiger partial charge in [-0.1, -0.05) is 30.3 Å². The van der Waals surface area contributed by atoms with Crippen LogP contribution in [0.5, 0.6) is 11.5 Å². The number of carbonyl (C=O) groups excluding carboxylic acids is 1. The summed E-state index contributed by atoms with van der Waals surface area (Å²) < 4.78 is 10.7. The van der Waals surface area contributed by atoms with Crippen LogP contribution < -0.4 is 10.1 Å². The number of benzene rings is 2. The van der Waals surface area contributed by atoms with Crippen molar-refractivity contribution in [2.24, 2.45) is 0 Å². The lowest BCUT2D eigenvalue weighted by molar-refractivity contribution is 0.0913. The molecule has 5 nitrogen and oxygen atoms in total. The van der Waals surface area contributed by atoms with Gasteiger partial charge in [-0.15, -0.1) is 0 Å². The van der Waals surface area contributed by atoms with E-state index in [2.05, 4.69) is 5.32 Å². The zero-order chi connectivity index (χ0) is 16.8. The van der Waals surface area contributed by atoms with Crippen molar-refractivity contribution in [3.8, 4) is 11.5 Å². The normalized spacial score (nSPS) is 11.7. The Morgan fingerprint density at radius 1 is 1.08 bits per heavy atom. The molecule has 122 valence electrons. The SMILES string of the molecule is O=C(NC[C@@H](O)c1ccoc1)c1ccccc1Oc1ccccc1. The maximum absolute atomic E-state index is 12.4. The van der Waals surface area contributed by atoms with Crippen LogP contribution >= 0.6 is 0 Å². The van der Waals surface area contributed by atoms with Crippen molar-refractivity contribution in [1.29, 1.82) is 0 Å². The van der Waals surface area contributed by atoms with Crippen molar-refractivity contribution in [2.75, 3.05) is 6.54 Å². The molecule has 0 unspecified atom stereocenters. The summed E-state index contributed by atoms with van der Waals surface area (Å²) in [5.41, 5.74) is 1.02. The fourth-order valence-corrected chi connectivity index (χ4v) is 2.23. The number of ether oxygens (including phenoxy) is 1. The van der Waals surface area contributed by atoms with Gasteiger partial charge in [0.05, 0.1) is 24.2 Å². The first-order valence-corrected chi connectivity index (χ1v) is 7.54. The zero-order valence-corrected chi connectivity index (χ0v) is 12.9. The molecule has 0 radical (unpaired) electrons. The lowest BCUT2D eigenvalue weighted by atomic mass is 10.1. The highest BCUT2D eigenvalue weighted by Crippen LogP contribution is 2.25. The van der Waals surface area contributed by atoms with Crippen LogP contribution in [0.2, 0.25) is 0 Å². The van der Waals surface area contributed by atoms with Gasteiger partial charge in [-0.2, -0.15) is 0 Å². The van der Waals surface area contributed by atoms with Gasteiger partial charge in [0.1, 0.15) is 11.5 Å². The average molecular weight is 323 g/mol. The topological polar surface area (TPSA) is 71.7 Å². The van der Waals surface area contributed by atoms with E-state index in [1.807, 2.05) is 30.3 Å². The molecule has 1 heterocycles. The van der Waals surface area contributed by atoms with Gasteiger partial charge in [0.2, 0.25) is 0 Å². The molecule has 5 heteroatoms. The Kier molecular flexibility index (Phi) is 4.93. The van der Waals surface area contributed by atoms with Gasteiger partial charge in [-0.3, -0.25) is 4.79 Å². The van der Waals surface area contributed by atoms with E-state index in [-0.39, 0.29) is 12.5 Å². The minimum Gasteiger partial charge on any atom is -0.472 e. The molecule has 2 N–H and O–H groups in total. The molecule has 1 amide bonds. The van der Waals surface area contributed by atoms with Crippen molar-refractivity contribution in [1.82, 2.24) is 5.32 Å². The molecule has 3 rings (SSSR count). The molecule has 0 saturated carbocycles. The van der Waals surface area contributed by atoms with Gasteiger partial charge < -0.3 is 19.6 Å². The first-order chi connectivity index (χ1) is 11.7. The summed E-state index contributed by atoms with van der Waals surface area (Å²) in [6.07, 6.45) is 2.10. The summed E-state index contributed by atoms with van der Waals surface area (Å²) >= 11 is 0. The molecular formula is C19H17NO4.